The molecule has 1 N–H and O–H groups in total. The van der Waals surface area contributed by atoms with Gasteiger partial charge < -0.3 is 10.1 Å². The average molecular weight is 296 g/mol. The molecule has 0 bridgehead atoms. The van der Waals surface area contributed by atoms with Crippen LogP contribution >= 0.6 is 0 Å². The third-order valence-corrected chi connectivity index (χ3v) is 5.28. The maximum atomic E-state index is 5.90. The van der Waals surface area contributed by atoms with Gasteiger partial charge in [-0.3, -0.25) is 4.90 Å². The number of hydrogen-bond donors (Lipinski definition) is 1. The highest BCUT2D eigenvalue weighted by molar-refractivity contribution is 4.90. The van der Waals surface area contributed by atoms with Crippen molar-refractivity contribution in [1.82, 2.24) is 10.2 Å². The minimum Gasteiger partial charge on any atom is -0.378 e. The molecule has 21 heavy (non-hydrogen) atoms. The summed E-state index contributed by atoms with van der Waals surface area (Å²) in [6.45, 7) is 16.2. The van der Waals surface area contributed by atoms with E-state index in [2.05, 4.69) is 44.8 Å². The molecule has 0 amide bonds. The van der Waals surface area contributed by atoms with Crippen LogP contribution in [0.5, 0.6) is 0 Å². The zero-order valence-corrected chi connectivity index (χ0v) is 14.8. The Morgan fingerprint density at radius 1 is 1.24 bits per heavy atom. The topological polar surface area (TPSA) is 24.5 Å². The summed E-state index contributed by atoms with van der Waals surface area (Å²) in [4.78, 5) is 2.77. The van der Waals surface area contributed by atoms with E-state index in [4.69, 9.17) is 4.74 Å². The molecule has 4 unspecified atom stereocenters. The fraction of sp³-hybridized carbons (Fsp3) is 1.00. The Labute approximate surface area is 131 Å². The predicted octanol–water partition coefficient (Wildman–Crippen LogP) is 3.15. The Morgan fingerprint density at radius 3 is 2.62 bits per heavy atom. The van der Waals surface area contributed by atoms with Gasteiger partial charge in [0.1, 0.15) is 0 Å². The van der Waals surface area contributed by atoms with E-state index in [1.165, 1.54) is 32.4 Å². The van der Waals surface area contributed by atoms with Gasteiger partial charge in [-0.2, -0.15) is 0 Å². The summed E-state index contributed by atoms with van der Waals surface area (Å²) < 4.78 is 5.90. The maximum absolute atomic E-state index is 5.90. The summed E-state index contributed by atoms with van der Waals surface area (Å²) >= 11 is 0. The van der Waals surface area contributed by atoms with E-state index in [0.717, 1.165) is 30.9 Å². The van der Waals surface area contributed by atoms with Crippen LogP contribution in [0.4, 0.5) is 0 Å². The van der Waals surface area contributed by atoms with Crippen molar-refractivity contribution < 1.29 is 4.74 Å². The molecular weight excluding hydrogens is 260 g/mol. The predicted molar refractivity (Wildman–Crippen MR) is 89.6 cm³/mol. The van der Waals surface area contributed by atoms with E-state index in [-0.39, 0.29) is 0 Å². The van der Waals surface area contributed by atoms with Crippen molar-refractivity contribution in [2.24, 2.45) is 17.8 Å². The lowest BCUT2D eigenvalue weighted by atomic mass is 9.92. The number of nitrogens with one attached hydrogen (secondary N) is 1. The van der Waals surface area contributed by atoms with Gasteiger partial charge in [0, 0.05) is 38.3 Å². The maximum Gasteiger partial charge on any atom is 0.0613 e. The van der Waals surface area contributed by atoms with Crippen LogP contribution in [0.2, 0.25) is 0 Å². The summed E-state index contributed by atoms with van der Waals surface area (Å²) in [5.41, 5.74) is 0. The van der Waals surface area contributed by atoms with E-state index < -0.39 is 0 Å². The highest BCUT2D eigenvalue weighted by Gasteiger charge is 2.35. The van der Waals surface area contributed by atoms with Crippen LogP contribution in [-0.4, -0.2) is 49.3 Å². The van der Waals surface area contributed by atoms with Crippen LogP contribution in [0.25, 0.3) is 0 Å². The van der Waals surface area contributed by atoms with Crippen molar-refractivity contribution in [2.75, 3.05) is 26.2 Å². The Balaban J connectivity index is 1.96. The summed E-state index contributed by atoms with van der Waals surface area (Å²) in [6.07, 6.45) is 4.21. The molecule has 4 atom stereocenters. The van der Waals surface area contributed by atoms with Gasteiger partial charge in [-0.15, -0.1) is 0 Å². The van der Waals surface area contributed by atoms with Gasteiger partial charge in [-0.25, -0.2) is 0 Å². The molecule has 2 fully saturated rings. The van der Waals surface area contributed by atoms with Crippen molar-refractivity contribution in [3.63, 3.8) is 0 Å². The normalized spacial score (nSPS) is 35.0. The molecule has 0 saturated carbocycles. The van der Waals surface area contributed by atoms with E-state index in [1.807, 2.05) is 0 Å². The van der Waals surface area contributed by atoms with Gasteiger partial charge in [0.15, 0.2) is 0 Å². The molecule has 2 saturated heterocycles. The third kappa shape index (κ3) is 4.67. The van der Waals surface area contributed by atoms with E-state index in [1.54, 1.807) is 0 Å². The first kappa shape index (κ1) is 17.2. The van der Waals surface area contributed by atoms with E-state index in [0.29, 0.717) is 18.2 Å². The molecule has 0 aromatic heterocycles. The van der Waals surface area contributed by atoms with Crippen LogP contribution in [0.1, 0.15) is 53.9 Å². The van der Waals surface area contributed by atoms with Crippen molar-refractivity contribution in [1.29, 1.82) is 0 Å². The Kier molecular flexibility index (Phi) is 6.51. The van der Waals surface area contributed by atoms with E-state index >= 15 is 0 Å². The number of ether oxygens (including phenoxy) is 1. The summed E-state index contributed by atoms with van der Waals surface area (Å²) in [6, 6.07) is 1.36. The molecular formula is C18H36N2O. The molecule has 3 nitrogen and oxygen atoms in total. The molecule has 0 radical (unpaired) electrons. The summed E-state index contributed by atoms with van der Waals surface area (Å²) in [7, 11) is 0. The van der Waals surface area contributed by atoms with Gasteiger partial charge in [0.25, 0.3) is 0 Å². The lowest BCUT2D eigenvalue weighted by Crippen LogP contribution is -2.59. The molecule has 0 aromatic carbocycles. The smallest absolute Gasteiger partial charge is 0.0613 e. The third-order valence-electron chi connectivity index (χ3n) is 5.28. The zero-order valence-electron chi connectivity index (χ0n) is 14.8. The molecule has 2 aliphatic rings. The standard InChI is InChI=1S/C18H36N2O/c1-6-18-15(7-8-21-18)11-20-12-16(9-13(2)3)19-10-17(20)14(4)5/h13-19H,6-12H2,1-5H3. The highest BCUT2D eigenvalue weighted by Crippen LogP contribution is 2.27. The lowest BCUT2D eigenvalue weighted by Gasteiger charge is -2.44. The Bertz CT molecular complexity index is 306. The summed E-state index contributed by atoms with van der Waals surface area (Å²) in [5.74, 6) is 2.24. The van der Waals surface area contributed by atoms with Gasteiger partial charge in [-0.05, 0) is 37.0 Å². The zero-order chi connectivity index (χ0) is 15.4. The van der Waals surface area contributed by atoms with E-state index in [9.17, 15) is 0 Å². The van der Waals surface area contributed by atoms with Gasteiger partial charge in [-0.1, -0.05) is 34.6 Å². The van der Waals surface area contributed by atoms with Gasteiger partial charge >= 0.3 is 0 Å². The van der Waals surface area contributed by atoms with Crippen LogP contribution < -0.4 is 5.32 Å². The summed E-state index contributed by atoms with van der Waals surface area (Å²) in [5, 5.41) is 3.79. The fourth-order valence-electron chi connectivity index (χ4n) is 4.15. The highest BCUT2D eigenvalue weighted by atomic mass is 16.5. The number of nitrogens with zero attached hydrogens (tertiary/aromatic N) is 1. The second-order valence-electron chi connectivity index (χ2n) is 7.87. The van der Waals surface area contributed by atoms with Gasteiger partial charge in [0.2, 0.25) is 0 Å². The monoisotopic (exact) mass is 296 g/mol. The first-order chi connectivity index (χ1) is 10.0. The quantitative estimate of drug-likeness (QED) is 0.815. The van der Waals surface area contributed by atoms with Crippen LogP contribution in [0, 0.1) is 17.8 Å². The minimum absolute atomic E-state index is 0.497. The number of rotatable bonds is 6. The van der Waals surface area contributed by atoms with Crippen molar-refractivity contribution in [3.8, 4) is 0 Å². The Morgan fingerprint density at radius 2 is 2.00 bits per heavy atom. The molecule has 0 aromatic rings. The van der Waals surface area contributed by atoms with Gasteiger partial charge in [0.05, 0.1) is 6.10 Å². The lowest BCUT2D eigenvalue weighted by molar-refractivity contribution is 0.0425. The van der Waals surface area contributed by atoms with Crippen molar-refractivity contribution in [3.05, 3.63) is 0 Å². The number of hydrogen-bond acceptors (Lipinski definition) is 3. The SMILES string of the molecule is CCC1OCCC1CN1CC(CC(C)C)NCC1C(C)C. The Hall–Kier alpha value is -0.120. The molecule has 0 aliphatic carbocycles. The second-order valence-corrected chi connectivity index (χ2v) is 7.87. The van der Waals surface area contributed by atoms with Crippen LogP contribution in [0.15, 0.2) is 0 Å². The molecule has 124 valence electrons. The second kappa shape index (κ2) is 7.94. The van der Waals surface area contributed by atoms with Crippen LogP contribution in [-0.2, 0) is 4.74 Å². The van der Waals surface area contributed by atoms with Crippen LogP contribution in [0.3, 0.4) is 0 Å². The molecule has 2 rings (SSSR count). The molecule has 2 heterocycles. The average Bonchev–Trinajstić information content (AvgIpc) is 2.85. The number of piperazine rings is 1. The molecule has 3 heteroatoms. The first-order valence-corrected chi connectivity index (χ1v) is 9.10. The first-order valence-electron chi connectivity index (χ1n) is 9.10. The molecule has 2 aliphatic heterocycles. The van der Waals surface area contributed by atoms with Crippen molar-refractivity contribution >= 4 is 0 Å². The fourth-order valence-corrected chi connectivity index (χ4v) is 4.15. The molecule has 0 spiro atoms. The largest absolute Gasteiger partial charge is 0.378 e. The minimum atomic E-state index is 0.497. The van der Waals surface area contributed by atoms with Crippen molar-refractivity contribution in [2.45, 2.75) is 72.1 Å².